The van der Waals surface area contributed by atoms with Crippen molar-refractivity contribution in [3.63, 3.8) is 0 Å². The van der Waals surface area contributed by atoms with E-state index in [2.05, 4.69) is 42.0 Å². The van der Waals surface area contributed by atoms with E-state index >= 15 is 0 Å². The highest BCUT2D eigenvalue weighted by Crippen LogP contribution is 2.20. The second-order valence-corrected chi connectivity index (χ2v) is 6.18. The molecule has 19 heavy (non-hydrogen) atoms. The van der Waals surface area contributed by atoms with Gasteiger partial charge in [-0.05, 0) is 49.4 Å². The molecule has 0 aliphatic carbocycles. The molecule has 1 aromatic carbocycles. The van der Waals surface area contributed by atoms with Crippen LogP contribution in [0.2, 0.25) is 0 Å². The summed E-state index contributed by atoms with van der Waals surface area (Å²) >= 11 is 3.30. The highest BCUT2D eigenvalue weighted by molar-refractivity contribution is 9.10. The highest BCUT2D eigenvalue weighted by atomic mass is 79.9. The van der Waals surface area contributed by atoms with E-state index in [0.29, 0.717) is 12.0 Å². The van der Waals surface area contributed by atoms with Crippen molar-refractivity contribution < 1.29 is 4.39 Å². The van der Waals surface area contributed by atoms with Gasteiger partial charge in [-0.2, -0.15) is 0 Å². The molecule has 0 spiro atoms. The summed E-state index contributed by atoms with van der Waals surface area (Å²) in [5.41, 5.74) is 0.805. The summed E-state index contributed by atoms with van der Waals surface area (Å²) in [5, 5.41) is 3.57. The maximum atomic E-state index is 13.9. The first-order valence-corrected chi connectivity index (χ1v) is 8.05. The van der Waals surface area contributed by atoms with Gasteiger partial charge in [0.25, 0.3) is 0 Å². The van der Waals surface area contributed by atoms with Crippen molar-refractivity contribution in [1.29, 1.82) is 0 Å². The van der Waals surface area contributed by atoms with Gasteiger partial charge in [-0.25, -0.2) is 4.39 Å². The van der Waals surface area contributed by atoms with E-state index in [-0.39, 0.29) is 5.82 Å². The zero-order valence-electron chi connectivity index (χ0n) is 12.2. The van der Waals surface area contributed by atoms with Crippen LogP contribution in [0, 0.1) is 11.7 Å². The summed E-state index contributed by atoms with van der Waals surface area (Å²) in [5.74, 6) is 0.459. The van der Waals surface area contributed by atoms with Crippen molar-refractivity contribution in [2.75, 3.05) is 6.54 Å². The maximum Gasteiger partial charge on any atom is 0.127 e. The molecule has 0 heterocycles. The van der Waals surface area contributed by atoms with Gasteiger partial charge in [-0.1, -0.05) is 49.2 Å². The summed E-state index contributed by atoms with van der Waals surface area (Å²) in [4.78, 5) is 0. The van der Waals surface area contributed by atoms with Crippen LogP contribution < -0.4 is 5.32 Å². The molecule has 0 fully saturated rings. The molecule has 0 saturated heterocycles. The van der Waals surface area contributed by atoms with Crippen LogP contribution in [-0.2, 0) is 6.42 Å². The number of nitrogens with one attached hydrogen (secondary N) is 1. The number of hydrogen-bond acceptors (Lipinski definition) is 1. The molecule has 0 amide bonds. The van der Waals surface area contributed by atoms with Crippen LogP contribution in [0.4, 0.5) is 4.39 Å². The summed E-state index contributed by atoms with van der Waals surface area (Å²) in [6.45, 7) is 7.62. The SMILES string of the molecule is CCCNC(Cc1ccc(Br)cc1F)C(C)CCC. The predicted molar refractivity (Wildman–Crippen MR) is 84.0 cm³/mol. The van der Waals surface area contributed by atoms with E-state index in [9.17, 15) is 4.39 Å². The van der Waals surface area contributed by atoms with Crippen LogP contribution in [-0.4, -0.2) is 12.6 Å². The lowest BCUT2D eigenvalue weighted by molar-refractivity contribution is 0.349. The lowest BCUT2D eigenvalue weighted by Crippen LogP contribution is -2.37. The monoisotopic (exact) mass is 329 g/mol. The Balaban J connectivity index is 2.74. The molecule has 0 aliphatic rings. The zero-order chi connectivity index (χ0) is 14.3. The fraction of sp³-hybridized carbons (Fsp3) is 0.625. The topological polar surface area (TPSA) is 12.0 Å². The molecule has 0 saturated carbocycles. The van der Waals surface area contributed by atoms with E-state index in [4.69, 9.17) is 0 Å². The minimum atomic E-state index is -0.110. The minimum absolute atomic E-state index is 0.110. The standard InChI is InChI=1S/C16H25BrFN/c1-4-6-12(3)16(19-9-5-2)10-13-7-8-14(17)11-15(13)18/h7-8,11-12,16,19H,4-6,9-10H2,1-3H3. The second kappa shape index (κ2) is 8.70. The second-order valence-electron chi connectivity index (χ2n) is 5.27. The van der Waals surface area contributed by atoms with Crippen molar-refractivity contribution in [3.05, 3.63) is 34.1 Å². The molecule has 1 rings (SSSR count). The van der Waals surface area contributed by atoms with Crippen molar-refractivity contribution >= 4 is 15.9 Å². The third kappa shape index (κ3) is 5.62. The quantitative estimate of drug-likeness (QED) is 0.712. The molecule has 3 heteroatoms. The number of halogens is 2. The summed E-state index contributed by atoms with van der Waals surface area (Å²) in [7, 11) is 0. The Labute approximate surface area is 125 Å². The molecule has 0 radical (unpaired) electrons. The Bertz CT molecular complexity index is 381. The number of rotatable bonds is 8. The summed E-state index contributed by atoms with van der Waals surface area (Å²) < 4.78 is 14.7. The van der Waals surface area contributed by atoms with Gasteiger partial charge in [0.15, 0.2) is 0 Å². The first-order chi connectivity index (χ1) is 9.08. The minimum Gasteiger partial charge on any atom is -0.313 e. The average Bonchev–Trinajstić information content (AvgIpc) is 2.37. The van der Waals surface area contributed by atoms with Gasteiger partial charge in [0.2, 0.25) is 0 Å². The fourth-order valence-corrected chi connectivity index (χ4v) is 2.72. The van der Waals surface area contributed by atoms with Gasteiger partial charge in [-0.3, -0.25) is 0 Å². The van der Waals surface area contributed by atoms with E-state index in [1.807, 2.05) is 12.1 Å². The molecule has 1 aromatic rings. The lowest BCUT2D eigenvalue weighted by Gasteiger charge is -2.25. The third-order valence-corrected chi connectivity index (χ3v) is 4.04. The molecule has 1 nitrogen and oxygen atoms in total. The van der Waals surface area contributed by atoms with E-state index < -0.39 is 0 Å². The zero-order valence-corrected chi connectivity index (χ0v) is 13.8. The number of hydrogen-bond donors (Lipinski definition) is 1. The average molecular weight is 330 g/mol. The van der Waals surface area contributed by atoms with Gasteiger partial charge in [0.05, 0.1) is 0 Å². The summed E-state index contributed by atoms with van der Waals surface area (Å²) in [6, 6.07) is 5.71. The van der Waals surface area contributed by atoms with Crippen molar-refractivity contribution in [2.45, 2.75) is 52.5 Å². The van der Waals surface area contributed by atoms with Gasteiger partial charge in [0, 0.05) is 10.5 Å². The maximum absolute atomic E-state index is 13.9. The molecule has 0 bridgehead atoms. The molecule has 1 N–H and O–H groups in total. The largest absolute Gasteiger partial charge is 0.313 e. The Morgan fingerprint density at radius 2 is 2.00 bits per heavy atom. The predicted octanol–water partition coefficient (Wildman–Crippen LogP) is 4.94. The van der Waals surface area contributed by atoms with Crippen LogP contribution in [0.1, 0.15) is 45.6 Å². The van der Waals surface area contributed by atoms with Crippen LogP contribution in [0.5, 0.6) is 0 Å². The lowest BCUT2D eigenvalue weighted by atomic mass is 9.91. The molecule has 2 unspecified atom stereocenters. The van der Waals surface area contributed by atoms with Crippen LogP contribution >= 0.6 is 15.9 Å². The molecule has 0 aliphatic heterocycles. The van der Waals surface area contributed by atoms with Crippen molar-refractivity contribution in [2.24, 2.45) is 5.92 Å². The Hall–Kier alpha value is -0.410. The van der Waals surface area contributed by atoms with Crippen molar-refractivity contribution in [3.8, 4) is 0 Å². The van der Waals surface area contributed by atoms with Gasteiger partial charge in [0.1, 0.15) is 5.82 Å². The Morgan fingerprint density at radius 3 is 2.58 bits per heavy atom. The van der Waals surface area contributed by atoms with E-state index in [1.54, 1.807) is 6.07 Å². The summed E-state index contributed by atoms with van der Waals surface area (Å²) in [6.07, 6.45) is 4.23. The Kier molecular flexibility index (Phi) is 7.62. The Morgan fingerprint density at radius 1 is 1.26 bits per heavy atom. The normalized spacial score (nSPS) is 14.4. The number of benzene rings is 1. The first-order valence-electron chi connectivity index (χ1n) is 7.25. The van der Waals surface area contributed by atoms with Gasteiger partial charge < -0.3 is 5.32 Å². The van der Waals surface area contributed by atoms with Crippen LogP contribution in [0.15, 0.2) is 22.7 Å². The smallest absolute Gasteiger partial charge is 0.127 e. The van der Waals surface area contributed by atoms with E-state index in [0.717, 1.165) is 29.4 Å². The van der Waals surface area contributed by atoms with Crippen molar-refractivity contribution in [1.82, 2.24) is 5.32 Å². The molecule has 108 valence electrons. The third-order valence-electron chi connectivity index (χ3n) is 3.54. The van der Waals surface area contributed by atoms with Gasteiger partial charge in [-0.15, -0.1) is 0 Å². The van der Waals surface area contributed by atoms with Gasteiger partial charge >= 0.3 is 0 Å². The molecular formula is C16H25BrFN. The first kappa shape index (κ1) is 16.6. The molecular weight excluding hydrogens is 305 g/mol. The molecule has 2 atom stereocenters. The fourth-order valence-electron chi connectivity index (χ4n) is 2.38. The van der Waals surface area contributed by atoms with Crippen LogP contribution in [0.25, 0.3) is 0 Å². The highest BCUT2D eigenvalue weighted by Gasteiger charge is 2.18. The van der Waals surface area contributed by atoms with E-state index in [1.165, 1.54) is 12.8 Å². The van der Waals surface area contributed by atoms with Crippen LogP contribution in [0.3, 0.4) is 0 Å². The molecule has 0 aromatic heterocycles.